The zero-order chi connectivity index (χ0) is 65.7. The molecule has 3 aromatic heterocycles. The van der Waals surface area contributed by atoms with Crippen LogP contribution in [0.1, 0.15) is 72.8 Å². The number of carboxylic acids is 1. The third kappa shape index (κ3) is 20.2. The summed E-state index contributed by atoms with van der Waals surface area (Å²) in [6.07, 6.45) is -0.928. The second-order valence-corrected chi connectivity index (χ2v) is 25.4. The van der Waals surface area contributed by atoms with Crippen molar-refractivity contribution in [3.63, 3.8) is 0 Å². The van der Waals surface area contributed by atoms with Gasteiger partial charge in [0.25, 0.3) is 0 Å². The number of esters is 2. The van der Waals surface area contributed by atoms with Gasteiger partial charge in [-0.1, -0.05) is 213 Å². The number of aromatic nitrogens is 9. The zero-order valence-corrected chi connectivity index (χ0v) is 62.5. The van der Waals surface area contributed by atoms with Crippen LogP contribution in [0.2, 0.25) is 0 Å². The molecule has 12 aromatic rings. The van der Waals surface area contributed by atoms with Gasteiger partial charge in [0.2, 0.25) is 17.3 Å². The van der Waals surface area contributed by atoms with Gasteiger partial charge in [0.05, 0.1) is 13.2 Å². The summed E-state index contributed by atoms with van der Waals surface area (Å²) < 4.78 is 34.4. The van der Waals surface area contributed by atoms with E-state index in [1.165, 1.54) is 21.3 Å². The Labute approximate surface area is 638 Å². The molecule has 27 heteroatoms. The Hall–Kier alpha value is -6.84. The third-order valence-corrected chi connectivity index (χ3v) is 16.7. The second-order valence-electron chi connectivity index (χ2n) is 19.9. The van der Waals surface area contributed by atoms with E-state index < -0.39 is 35.2 Å². The molecule has 97 heavy (non-hydrogen) atoms. The van der Waals surface area contributed by atoms with Crippen molar-refractivity contribution >= 4 is 169 Å². The van der Waals surface area contributed by atoms with Crippen LogP contribution in [-0.4, -0.2) is 91.6 Å². The minimum absolute atomic E-state index is 0. The number of nitrogens with zero attached hydrogens (tertiary/aromatic N) is 9. The van der Waals surface area contributed by atoms with Gasteiger partial charge in [-0.05, 0) is 160 Å². The molecule has 0 amide bonds. The molecule has 3 unspecified atom stereocenters. The average Bonchev–Trinajstić information content (AvgIpc) is 1.77. The van der Waals surface area contributed by atoms with Gasteiger partial charge in [0.1, 0.15) is 67.4 Å². The van der Waals surface area contributed by atoms with Gasteiger partial charge in [0, 0.05) is 43.5 Å². The number of carbonyl (C=O) groups is 3. The minimum Gasteiger partial charge on any atom is -0.870 e. The summed E-state index contributed by atoms with van der Waals surface area (Å²) in [5.74, 6) is -0.799. The van der Waals surface area contributed by atoms with Gasteiger partial charge in [-0.2, -0.15) is 0 Å². The maximum Gasteiger partial charge on any atom is 1.00 e. The van der Waals surface area contributed by atoms with Gasteiger partial charge < -0.3 is 34.3 Å². The maximum atomic E-state index is 13.0. The Morgan fingerprint density at radius 2 is 0.732 bits per heavy atom. The molecule has 0 fully saturated rings. The summed E-state index contributed by atoms with van der Waals surface area (Å²) in [4.78, 5) is 44.3. The van der Waals surface area contributed by atoms with Crippen molar-refractivity contribution in [2.75, 3.05) is 18.1 Å². The molecule has 0 spiro atoms. The minimum atomic E-state index is -1.60. The van der Waals surface area contributed by atoms with Crippen molar-refractivity contribution in [2.45, 2.75) is 67.3 Å². The quantitative estimate of drug-likeness (QED) is 0.0386. The first-order valence-corrected chi connectivity index (χ1v) is 34.9. The molecular formula is C70H67Br6ILiN9O10. The fraction of sp³-hybridized carbons (Fsp3) is 0.186. The van der Waals surface area contributed by atoms with Crippen molar-refractivity contribution < 1.29 is 67.5 Å². The summed E-state index contributed by atoms with van der Waals surface area (Å²) in [6.45, 7) is 7.26. The smallest absolute Gasteiger partial charge is 0.870 e. The number of hydrogen-bond donors (Lipinski definition) is 1. The summed E-state index contributed by atoms with van der Waals surface area (Å²) >= 11 is 22.8. The van der Waals surface area contributed by atoms with Gasteiger partial charge in [-0.15, -0.1) is 45.0 Å². The predicted molar refractivity (Wildman–Crippen MR) is 404 cm³/mol. The van der Waals surface area contributed by atoms with E-state index in [9.17, 15) is 19.5 Å². The van der Waals surface area contributed by atoms with E-state index in [1.54, 1.807) is 75.4 Å². The van der Waals surface area contributed by atoms with Crippen LogP contribution in [0.5, 0.6) is 17.2 Å². The molecule has 0 saturated heterocycles. The van der Waals surface area contributed by atoms with Crippen LogP contribution in [0.4, 0.5) is 0 Å². The van der Waals surface area contributed by atoms with Crippen LogP contribution in [-0.2, 0) is 35.1 Å². The predicted octanol–water partition coefficient (Wildman–Crippen LogP) is 16.5. The van der Waals surface area contributed by atoms with Gasteiger partial charge in [0.15, 0.2) is 0 Å². The summed E-state index contributed by atoms with van der Waals surface area (Å²) in [5, 5.41) is 37.2. The maximum absolute atomic E-state index is 13.0. The van der Waals surface area contributed by atoms with Crippen molar-refractivity contribution in [1.82, 2.24) is 45.0 Å². The van der Waals surface area contributed by atoms with Gasteiger partial charge >= 0.3 is 36.8 Å². The molecule has 3 atom stereocenters. The molecule has 0 aliphatic rings. The number of aliphatic carboxylic acids is 1. The fourth-order valence-corrected chi connectivity index (χ4v) is 10.9. The Morgan fingerprint density at radius 3 is 1.06 bits per heavy atom. The Kier molecular flexibility index (Phi) is 32.3. The molecule has 0 bridgehead atoms. The zero-order valence-electron chi connectivity index (χ0n) is 50.9. The topological polar surface area (TPSA) is 240 Å². The molecule has 3 heterocycles. The number of alkyl halides is 1. The van der Waals surface area contributed by atoms with Crippen LogP contribution >= 0.6 is 118 Å². The fourth-order valence-electron chi connectivity index (χ4n) is 9.04. The Balaban J connectivity index is 0.000000298. The van der Waals surface area contributed by atoms with E-state index in [0.29, 0.717) is 51.0 Å². The van der Waals surface area contributed by atoms with E-state index >= 15 is 0 Å². The standard InChI is InChI=1S/C23H19Br2N3O3.C22H17Br2N3O3.C21H15Br2N3O3.CH3I.3CH4.Li.H2O/c1-3-30-22(29)23(2,15-8-10-16(24)11-9-15)31-21-13-12-17(25)14-20(21)28-26-18-6-4-5-7-19(18)27-28;1-2-29-22(28)21(14-7-9-15(23)10-8-14)30-20-12-11-16(24)13-19(20)27-25-17-5-3-4-6-18(17)26-27;1-21(20(27)28,13-6-8-14(22)9-7-13)29-19-11-10-15(23)12-18(19)26-24-16-4-2-3-5-17(16)25-26;1-2;;;;;/h4-14H,3H2,1-2H3;3-13,21H,2H2,1H3;2-12H,1H3,(H,27,28);1H3;3*1H4;;1H2/q;;;;;;;+1;/p-1. The molecule has 0 saturated carbocycles. The van der Waals surface area contributed by atoms with Crippen LogP contribution in [0.15, 0.2) is 227 Å². The number of carbonyl (C=O) groups excluding carboxylic acids is 2. The Morgan fingerprint density at radius 1 is 0.443 bits per heavy atom. The molecular weight excluding hydrogens is 1740 g/mol. The van der Waals surface area contributed by atoms with E-state index in [0.717, 1.165) is 59.9 Å². The number of halogens is 7. The molecule has 0 aliphatic heterocycles. The summed E-state index contributed by atoms with van der Waals surface area (Å²) in [6, 6.07) is 60.6. The molecule has 2 N–H and O–H groups in total. The number of carboxylic acid groups (broad SMARTS) is 1. The monoisotopic (exact) mass is 1800 g/mol. The van der Waals surface area contributed by atoms with Gasteiger partial charge in [-0.25, -0.2) is 14.4 Å². The van der Waals surface area contributed by atoms with E-state index in [4.69, 9.17) is 23.7 Å². The van der Waals surface area contributed by atoms with Crippen LogP contribution in [0, 0.1) is 0 Å². The largest absolute Gasteiger partial charge is 1.00 e. The van der Waals surface area contributed by atoms with E-state index in [2.05, 4.69) is 149 Å². The number of hydrogen-bond acceptors (Lipinski definition) is 15. The average molecular weight is 1810 g/mol. The van der Waals surface area contributed by atoms with Crippen LogP contribution in [0.25, 0.3) is 50.2 Å². The molecule has 12 rings (SSSR count). The number of fused-ring (bicyclic) bond motifs is 3. The van der Waals surface area contributed by atoms with Crippen molar-refractivity contribution in [3.8, 4) is 34.3 Å². The van der Waals surface area contributed by atoms with Crippen molar-refractivity contribution in [2.24, 2.45) is 0 Å². The van der Waals surface area contributed by atoms with Crippen molar-refractivity contribution in [3.05, 3.63) is 244 Å². The van der Waals surface area contributed by atoms with Crippen molar-refractivity contribution in [1.29, 1.82) is 0 Å². The molecule has 19 nitrogen and oxygen atoms in total. The molecule has 502 valence electrons. The normalized spacial score (nSPS) is 11.9. The summed E-state index contributed by atoms with van der Waals surface area (Å²) in [5.41, 5.74) is 5.12. The SMILES string of the molecule is C.C.C.CC(Oc1ccc(Br)cc1-n1nc2ccccc2n1)(C(=O)O)c1ccc(Br)cc1.CCOC(=O)C(C)(Oc1ccc(Br)cc1-n1nc2ccccc2n1)c1ccc(Br)cc1.CCOC(=O)C(Oc1ccc(Br)cc1-n1nc2ccccc2n1)c1ccc(Br)cc1.CI.[Li+].[OH-]. The first kappa shape index (κ1) is 82.6. The third-order valence-electron chi connectivity index (χ3n) is 13.7. The first-order valence-electron chi connectivity index (χ1n) is 28.0. The number of benzene rings is 9. The van der Waals surface area contributed by atoms with E-state index in [-0.39, 0.29) is 59.8 Å². The molecule has 9 aromatic carbocycles. The van der Waals surface area contributed by atoms with Crippen LogP contribution in [0.3, 0.4) is 0 Å². The van der Waals surface area contributed by atoms with E-state index in [1.807, 2.05) is 151 Å². The Bertz CT molecular complexity index is 4470. The number of rotatable bonds is 17. The second kappa shape index (κ2) is 37.9. The van der Waals surface area contributed by atoms with Gasteiger partial charge in [-0.3, -0.25) is 0 Å². The summed E-state index contributed by atoms with van der Waals surface area (Å²) in [7, 11) is 0. The van der Waals surface area contributed by atoms with Crippen LogP contribution < -0.4 is 33.1 Å². The number of ether oxygens (including phenoxy) is 5. The first-order chi connectivity index (χ1) is 44.3. The molecule has 0 aliphatic carbocycles. The molecule has 0 radical (unpaired) electrons.